The maximum Gasteiger partial charge on any atom is 0.217 e. The molecule has 2 aliphatic rings. The molecule has 0 aliphatic carbocycles. The van der Waals surface area contributed by atoms with Crippen LogP contribution in [-0.4, -0.2) is 132 Å². The number of amides is 1. The van der Waals surface area contributed by atoms with Crippen LogP contribution in [0.4, 0.5) is 0 Å². The van der Waals surface area contributed by atoms with Crippen molar-refractivity contribution < 1.29 is 54.8 Å². The molecule has 2 rings (SSSR count). The van der Waals surface area contributed by atoms with Gasteiger partial charge in [0.2, 0.25) is 5.91 Å². The predicted octanol–water partition coefficient (Wildman–Crippen LogP) is -6.60. The maximum absolute atomic E-state index is 11.3. The van der Waals surface area contributed by atoms with Crippen molar-refractivity contribution in [2.24, 2.45) is 5.73 Å². The van der Waals surface area contributed by atoms with Crippen molar-refractivity contribution in [3.05, 3.63) is 0 Å². The number of rotatable bonds is 5. The van der Waals surface area contributed by atoms with Gasteiger partial charge in [0.25, 0.3) is 0 Å². The number of aliphatic hydroxyl groups excluding tert-OH is 6. The molecule has 2 aliphatic heterocycles. The second-order valence-corrected chi connectivity index (χ2v) is 8.92. The predicted molar refractivity (Wildman–Crippen MR) is 104 cm³/mol. The summed E-state index contributed by atoms with van der Waals surface area (Å²) in [5.74, 6) is -0.561. The monoisotopic (exact) mass is 458 g/mol. The van der Waals surface area contributed by atoms with Crippen LogP contribution < -0.4 is 11.1 Å². The van der Waals surface area contributed by atoms with Crippen molar-refractivity contribution in [1.29, 1.82) is 0 Å². The average Bonchev–Trinajstić information content (AvgIpc) is 2.68. The smallest absolute Gasteiger partial charge is 0.217 e. The molecule has 14 heteroatoms. The number of hydrogen-bond donors (Lipinski definition) is 9. The Hall–Kier alpha value is -0.753. The van der Waals surface area contributed by atoms with E-state index in [1.807, 2.05) is 6.92 Å². The van der Waals surface area contributed by atoms with Crippen molar-refractivity contribution in [2.75, 3.05) is 19.8 Å². The fraction of sp³-hybridized carbons (Fsp3) is 0.938. The van der Waals surface area contributed by atoms with E-state index in [1.165, 1.54) is 0 Å². The SMILES string of the molecule is CC(=O)N[C@H]1C(O)O[C@H](CO)[C@@H](O[C@@H]2O[C@H](CO)[C@H](O)[C@@](O)([SiH3])[C@H]2O)[C@@H]1O.CCN. The van der Waals surface area contributed by atoms with E-state index in [1.54, 1.807) is 0 Å². The molecule has 178 valence electrons. The molecule has 2 fully saturated rings. The largest absolute Gasteiger partial charge is 0.394 e. The van der Waals surface area contributed by atoms with Crippen molar-refractivity contribution >= 4 is 16.1 Å². The minimum absolute atomic E-state index is 0.0982. The quantitative estimate of drug-likeness (QED) is 0.175. The van der Waals surface area contributed by atoms with Gasteiger partial charge in [-0.3, -0.25) is 4.79 Å². The number of nitrogens with two attached hydrogens (primary N) is 1. The summed E-state index contributed by atoms with van der Waals surface area (Å²) >= 11 is 0. The van der Waals surface area contributed by atoms with Gasteiger partial charge in [-0.25, -0.2) is 0 Å². The minimum atomic E-state index is -1.97. The average molecular weight is 459 g/mol. The van der Waals surface area contributed by atoms with Gasteiger partial charge < -0.3 is 61.0 Å². The van der Waals surface area contributed by atoms with E-state index in [-0.39, 0.29) is 10.2 Å². The molecule has 10 atom stereocenters. The van der Waals surface area contributed by atoms with E-state index in [2.05, 4.69) is 5.32 Å². The van der Waals surface area contributed by atoms with Gasteiger partial charge in [0.05, 0.1) is 23.5 Å². The van der Waals surface area contributed by atoms with Crippen molar-refractivity contribution in [2.45, 2.75) is 74.3 Å². The van der Waals surface area contributed by atoms with E-state index in [0.29, 0.717) is 0 Å². The summed E-state index contributed by atoms with van der Waals surface area (Å²) in [4.78, 5) is 11.3. The van der Waals surface area contributed by atoms with Gasteiger partial charge in [-0.2, -0.15) is 0 Å². The molecule has 0 bridgehead atoms. The van der Waals surface area contributed by atoms with Crippen LogP contribution in [0.5, 0.6) is 0 Å². The van der Waals surface area contributed by atoms with Crippen LogP contribution in [0.1, 0.15) is 13.8 Å². The summed E-state index contributed by atoms with van der Waals surface area (Å²) in [6, 6.07) is -1.29. The molecular weight excluding hydrogens is 424 g/mol. The lowest BCUT2D eigenvalue weighted by Gasteiger charge is -2.49. The lowest BCUT2D eigenvalue weighted by Crippen LogP contribution is -2.70. The molecule has 2 heterocycles. The van der Waals surface area contributed by atoms with E-state index in [9.17, 15) is 40.5 Å². The number of hydrogen-bond acceptors (Lipinski definition) is 12. The summed E-state index contributed by atoms with van der Waals surface area (Å²) in [6.07, 6.45) is -11.9. The zero-order valence-electron chi connectivity index (χ0n) is 17.2. The third-order valence-corrected chi connectivity index (χ3v) is 6.01. The summed E-state index contributed by atoms with van der Waals surface area (Å²) in [5.41, 5.74) is 4.85. The van der Waals surface area contributed by atoms with Crippen LogP contribution in [0.15, 0.2) is 0 Å². The molecule has 13 nitrogen and oxygen atoms in total. The second-order valence-electron chi connectivity index (χ2n) is 7.31. The Morgan fingerprint density at radius 1 is 1.13 bits per heavy atom. The Labute approximate surface area is 176 Å². The molecule has 1 unspecified atom stereocenters. The molecule has 1 amide bonds. The van der Waals surface area contributed by atoms with E-state index >= 15 is 0 Å². The van der Waals surface area contributed by atoms with Crippen LogP contribution >= 0.6 is 0 Å². The molecule has 0 spiro atoms. The van der Waals surface area contributed by atoms with Crippen LogP contribution in [0.25, 0.3) is 0 Å². The number of carbonyl (C=O) groups excluding carboxylic acids is 1. The molecular formula is C16H34N2O11Si. The van der Waals surface area contributed by atoms with E-state index < -0.39 is 79.6 Å². The highest BCUT2D eigenvalue weighted by atomic mass is 28.1. The topological polar surface area (TPSA) is 224 Å². The summed E-state index contributed by atoms with van der Waals surface area (Å²) in [7, 11) is -0.0982. The molecule has 0 radical (unpaired) electrons. The highest BCUT2D eigenvalue weighted by molar-refractivity contribution is 6.15. The zero-order valence-corrected chi connectivity index (χ0v) is 19.2. The number of aliphatic hydroxyl groups is 7. The Kier molecular flexibility index (Phi) is 10.7. The Morgan fingerprint density at radius 2 is 1.67 bits per heavy atom. The van der Waals surface area contributed by atoms with Crippen LogP contribution in [0.2, 0.25) is 0 Å². The summed E-state index contributed by atoms with van der Waals surface area (Å²) in [6.45, 7) is 2.47. The van der Waals surface area contributed by atoms with Crippen molar-refractivity contribution in [3.8, 4) is 0 Å². The second kappa shape index (κ2) is 11.7. The first-order valence-electron chi connectivity index (χ1n) is 9.56. The third-order valence-electron chi connectivity index (χ3n) is 4.83. The lowest BCUT2D eigenvalue weighted by molar-refractivity contribution is -0.351. The fourth-order valence-corrected chi connectivity index (χ4v) is 3.84. The van der Waals surface area contributed by atoms with Gasteiger partial charge >= 0.3 is 0 Å². The summed E-state index contributed by atoms with van der Waals surface area (Å²) < 4.78 is 15.9. The number of carbonyl (C=O) groups is 1. The van der Waals surface area contributed by atoms with Crippen molar-refractivity contribution in [3.63, 3.8) is 0 Å². The van der Waals surface area contributed by atoms with Crippen LogP contribution in [-0.2, 0) is 19.0 Å². The first kappa shape index (κ1) is 27.3. The Balaban J connectivity index is 0.00000141. The summed E-state index contributed by atoms with van der Waals surface area (Å²) in [5, 5.41) is 70.2. The van der Waals surface area contributed by atoms with Gasteiger partial charge in [-0.05, 0) is 6.54 Å². The molecule has 0 aromatic carbocycles. The van der Waals surface area contributed by atoms with Gasteiger partial charge in [0.15, 0.2) is 12.6 Å². The Morgan fingerprint density at radius 3 is 2.13 bits per heavy atom. The first-order chi connectivity index (χ1) is 14.0. The molecule has 2 saturated heterocycles. The minimum Gasteiger partial charge on any atom is -0.394 e. The van der Waals surface area contributed by atoms with E-state index in [0.717, 1.165) is 13.5 Å². The molecule has 10 N–H and O–H groups in total. The van der Waals surface area contributed by atoms with Crippen LogP contribution in [0, 0.1) is 0 Å². The lowest BCUT2D eigenvalue weighted by atomic mass is 9.95. The third kappa shape index (κ3) is 6.15. The molecule has 30 heavy (non-hydrogen) atoms. The van der Waals surface area contributed by atoms with Gasteiger partial charge in [0.1, 0.15) is 47.9 Å². The highest BCUT2D eigenvalue weighted by Crippen LogP contribution is 2.31. The zero-order chi connectivity index (χ0) is 23.2. The molecule has 0 aromatic heterocycles. The molecule has 0 aromatic rings. The number of nitrogens with one attached hydrogen (secondary N) is 1. The standard InChI is InChI=1S/C14H27NO11Si.C2H7N/c1-4(18)15-7-8(19)9(5(2-16)24-12(7)22)26-13-11(21)14(23,27)10(20)6(3-17)25-13;1-2-3/h5-13,16-17,19-23H,2-3H2,1,27H3,(H,15,18);2-3H2,1H3/t5-,6-,7-,8-,9-,10+,11+,12?,13+,14-;/m1./s1. The van der Waals surface area contributed by atoms with Gasteiger partial charge in [0, 0.05) is 6.92 Å². The van der Waals surface area contributed by atoms with Gasteiger partial charge in [-0.15, -0.1) is 0 Å². The fourth-order valence-electron chi connectivity index (χ4n) is 3.19. The maximum atomic E-state index is 11.3. The van der Waals surface area contributed by atoms with Gasteiger partial charge in [-0.1, -0.05) is 6.92 Å². The van der Waals surface area contributed by atoms with Crippen molar-refractivity contribution in [1.82, 2.24) is 5.32 Å². The number of ether oxygens (including phenoxy) is 3. The normalized spacial score (nSPS) is 44.1. The highest BCUT2D eigenvalue weighted by Gasteiger charge is 2.55. The van der Waals surface area contributed by atoms with Crippen LogP contribution in [0.3, 0.4) is 0 Å². The molecule has 0 saturated carbocycles. The Bertz CT molecular complexity index is 543. The first-order valence-corrected chi connectivity index (χ1v) is 10.6. The van der Waals surface area contributed by atoms with E-state index in [4.69, 9.17) is 19.9 Å².